The van der Waals surface area contributed by atoms with E-state index < -0.39 is 12.0 Å². The molecule has 0 aliphatic heterocycles. The van der Waals surface area contributed by atoms with Crippen LogP contribution in [0.5, 0.6) is 5.75 Å². The summed E-state index contributed by atoms with van der Waals surface area (Å²) in [5.74, 6) is -0.184. The summed E-state index contributed by atoms with van der Waals surface area (Å²) < 4.78 is 4.94. The molecule has 1 aromatic carbocycles. The van der Waals surface area contributed by atoms with E-state index in [2.05, 4.69) is 12.6 Å². The highest BCUT2D eigenvalue weighted by Crippen LogP contribution is 2.16. The van der Waals surface area contributed by atoms with E-state index in [1.165, 1.54) is 6.07 Å². The minimum Gasteiger partial charge on any atom is -0.425 e. The van der Waals surface area contributed by atoms with Crippen LogP contribution >= 0.6 is 12.6 Å². The van der Waals surface area contributed by atoms with Gasteiger partial charge in [-0.3, -0.25) is 4.79 Å². The van der Waals surface area contributed by atoms with Crippen molar-refractivity contribution in [3.05, 3.63) is 29.8 Å². The van der Waals surface area contributed by atoms with Gasteiger partial charge >= 0.3 is 5.97 Å². The molecule has 0 aliphatic rings. The first kappa shape index (κ1) is 11.7. The normalized spacial score (nSPS) is 11.9. The Kier molecular flexibility index (Phi) is 4.33. The van der Waals surface area contributed by atoms with E-state index in [0.29, 0.717) is 11.8 Å². The molecule has 0 aromatic heterocycles. The van der Waals surface area contributed by atoms with E-state index in [1.807, 2.05) is 0 Å². The Morgan fingerprint density at radius 2 is 2.20 bits per heavy atom. The highest BCUT2D eigenvalue weighted by atomic mass is 32.1. The summed E-state index contributed by atoms with van der Waals surface area (Å²) in [6, 6.07) is 5.66. The van der Waals surface area contributed by atoms with Crippen molar-refractivity contribution in [1.82, 2.24) is 0 Å². The lowest BCUT2D eigenvalue weighted by atomic mass is 10.2. The summed E-state index contributed by atoms with van der Waals surface area (Å²) >= 11 is 3.87. The highest BCUT2D eigenvalue weighted by molar-refractivity contribution is 7.80. The number of carbonyl (C=O) groups is 2. The van der Waals surface area contributed by atoms with Gasteiger partial charge in [0.25, 0.3) is 0 Å². The Morgan fingerprint density at radius 1 is 1.53 bits per heavy atom. The van der Waals surface area contributed by atoms with Crippen LogP contribution in [0.15, 0.2) is 24.3 Å². The zero-order valence-corrected chi connectivity index (χ0v) is 8.81. The molecule has 15 heavy (non-hydrogen) atoms. The molecule has 0 radical (unpaired) electrons. The van der Waals surface area contributed by atoms with E-state index >= 15 is 0 Å². The Morgan fingerprint density at radius 3 is 2.80 bits per heavy atom. The lowest BCUT2D eigenvalue weighted by molar-refractivity contribution is -0.135. The predicted molar refractivity (Wildman–Crippen MR) is 59.3 cm³/mol. The third kappa shape index (κ3) is 3.07. The molecule has 0 spiro atoms. The number of nitrogens with two attached hydrogens (primary N) is 1. The van der Waals surface area contributed by atoms with Crippen LogP contribution in [0.25, 0.3) is 0 Å². The number of hydrogen-bond donors (Lipinski definition) is 2. The Balaban J connectivity index is 2.80. The monoisotopic (exact) mass is 225 g/mol. The summed E-state index contributed by atoms with van der Waals surface area (Å²) in [4.78, 5) is 21.9. The number of thiol groups is 1. The number of ether oxygens (including phenoxy) is 1. The molecule has 2 N–H and O–H groups in total. The van der Waals surface area contributed by atoms with E-state index in [9.17, 15) is 9.59 Å². The summed E-state index contributed by atoms with van der Waals surface area (Å²) in [5, 5.41) is 0. The molecule has 0 aliphatic carbocycles. The number of esters is 1. The summed E-state index contributed by atoms with van der Waals surface area (Å²) in [5.41, 5.74) is 5.73. The predicted octanol–water partition coefficient (Wildman–Crippen LogP) is 0.662. The maximum absolute atomic E-state index is 11.3. The molecule has 0 amide bonds. The van der Waals surface area contributed by atoms with Crippen LogP contribution in [0.1, 0.15) is 10.4 Å². The molecule has 1 aromatic rings. The van der Waals surface area contributed by atoms with Gasteiger partial charge in [-0.05, 0) is 12.1 Å². The molecule has 0 unspecified atom stereocenters. The zero-order chi connectivity index (χ0) is 11.3. The average molecular weight is 225 g/mol. The fraction of sp³-hybridized carbons (Fsp3) is 0.200. The molecule has 0 fully saturated rings. The number of hydrogen-bond acceptors (Lipinski definition) is 5. The standard InChI is InChI=1S/C10H11NO3S/c11-8(6-15)10(13)14-9-4-2-1-3-7(9)5-12/h1-5,8,15H,6,11H2/t8-/m0/s1. The minimum absolute atomic E-state index is 0.197. The van der Waals surface area contributed by atoms with E-state index in [1.54, 1.807) is 18.2 Å². The number of aldehydes is 1. The smallest absolute Gasteiger partial charge is 0.329 e. The first-order chi connectivity index (χ1) is 7.19. The lowest BCUT2D eigenvalue weighted by Crippen LogP contribution is -2.35. The summed E-state index contributed by atoms with van der Waals surface area (Å²) in [7, 11) is 0. The third-order valence-electron chi connectivity index (χ3n) is 1.76. The van der Waals surface area contributed by atoms with E-state index in [0.717, 1.165) is 0 Å². The topological polar surface area (TPSA) is 69.4 Å². The van der Waals surface area contributed by atoms with Crippen molar-refractivity contribution in [3.8, 4) is 5.75 Å². The van der Waals surface area contributed by atoms with Gasteiger partial charge < -0.3 is 10.5 Å². The van der Waals surface area contributed by atoms with Crippen molar-refractivity contribution in [2.75, 3.05) is 5.75 Å². The Hall–Kier alpha value is -1.33. The third-order valence-corrected chi connectivity index (χ3v) is 2.15. The maximum Gasteiger partial charge on any atom is 0.329 e. The second-order valence-electron chi connectivity index (χ2n) is 2.87. The minimum atomic E-state index is -0.784. The number of carbonyl (C=O) groups excluding carboxylic acids is 2. The van der Waals surface area contributed by atoms with E-state index in [-0.39, 0.29) is 11.5 Å². The molecule has 80 valence electrons. The maximum atomic E-state index is 11.3. The first-order valence-corrected chi connectivity index (χ1v) is 4.94. The second-order valence-corrected chi connectivity index (χ2v) is 3.23. The SMILES string of the molecule is N[C@@H](CS)C(=O)Oc1ccccc1C=O. The largest absolute Gasteiger partial charge is 0.425 e. The Labute approximate surface area is 92.8 Å². The van der Waals surface area contributed by atoms with Gasteiger partial charge in [0.15, 0.2) is 6.29 Å². The van der Waals surface area contributed by atoms with Gasteiger partial charge in [0.05, 0.1) is 5.56 Å². The molecule has 1 atom stereocenters. The molecule has 5 heteroatoms. The van der Waals surface area contributed by atoms with Crippen molar-refractivity contribution in [1.29, 1.82) is 0 Å². The second kappa shape index (κ2) is 5.53. The van der Waals surface area contributed by atoms with Crippen molar-refractivity contribution < 1.29 is 14.3 Å². The molecule has 1 rings (SSSR count). The molecule has 0 saturated carbocycles. The van der Waals surface area contributed by atoms with Gasteiger partial charge in [0.2, 0.25) is 0 Å². The fourth-order valence-electron chi connectivity index (χ4n) is 0.929. The van der Waals surface area contributed by atoms with E-state index in [4.69, 9.17) is 10.5 Å². The van der Waals surface area contributed by atoms with Crippen LogP contribution in [-0.2, 0) is 4.79 Å². The van der Waals surface area contributed by atoms with Crippen LogP contribution in [0.3, 0.4) is 0 Å². The molecule has 0 bridgehead atoms. The quantitative estimate of drug-likeness (QED) is 0.342. The number of para-hydroxylation sites is 1. The van der Waals surface area contributed by atoms with Crippen LogP contribution in [0.4, 0.5) is 0 Å². The van der Waals surface area contributed by atoms with Crippen molar-refractivity contribution in [3.63, 3.8) is 0 Å². The van der Waals surface area contributed by atoms with Gasteiger partial charge in [-0.15, -0.1) is 0 Å². The lowest BCUT2D eigenvalue weighted by Gasteiger charge is -2.09. The molecule has 0 saturated heterocycles. The first-order valence-electron chi connectivity index (χ1n) is 4.31. The van der Waals surface area contributed by atoms with Gasteiger partial charge in [0.1, 0.15) is 11.8 Å². The molecule has 0 heterocycles. The molecular formula is C10H11NO3S. The fourth-order valence-corrected chi connectivity index (χ4v) is 1.08. The Bertz CT molecular complexity index is 367. The molecule has 4 nitrogen and oxygen atoms in total. The number of benzene rings is 1. The van der Waals surface area contributed by atoms with Crippen LogP contribution in [0, 0.1) is 0 Å². The van der Waals surface area contributed by atoms with Crippen LogP contribution in [-0.4, -0.2) is 24.1 Å². The van der Waals surface area contributed by atoms with Gasteiger partial charge in [-0.2, -0.15) is 12.6 Å². The summed E-state index contributed by atoms with van der Waals surface area (Å²) in [6.07, 6.45) is 0.620. The van der Waals surface area contributed by atoms with Crippen molar-refractivity contribution in [2.24, 2.45) is 5.73 Å². The average Bonchev–Trinajstić information content (AvgIpc) is 2.28. The van der Waals surface area contributed by atoms with Crippen LogP contribution in [0.2, 0.25) is 0 Å². The van der Waals surface area contributed by atoms with Gasteiger partial charge in [0, 0.05) is 5.75 Å². The molecular weight excluding hydrogens is 214 g/mol. The summed E-state index contributed by atoms with van der Waals surface area (Å²) in [6.45, 7) is 0. The van der Waals surface area contributed by atoms with Crippen LogP contribution < -0.4 is 10.5 Å². The van der Waals surface area contributed by atoms with Gasteiger partial charge in [-0.25, -0.2) is 4.79 Å². The highest BCUT2D eigenvalue weighted by Gasteiger charge is 2.15. The van der Waals surface area contributed by atoms with Crippen molar-refractivity contribution >= 4 is 24.9 Å². The van der Waals surface area contributed by atoms with Gasteiger partial charge in [-0.1, -0.05) is 12.1 Å². The number of rotatable bonds is 4. The van der Waals surface area contributed by atoms with Crippen molar-refractivity contribution in [2.45, 2.75) is 6.04 Å². The zero-order valence-electron chi connectivity index (χ0n) is 7.92.